The summed E-state index contributed by atoms with van der Waals surface area (Å²) < 4.78 is 7.10. The summed E-state index contributed by atoms with van der Waals surface area (Å²) in [6.07, 6.45) is 1.49. The molecule has 1 N–H and O–H groups in total. The van der Waals surface area contributed by atoms with Crippen molar-refractivity contribution < 1.29 is 14.5 Å². The first-order chi connectivity index (χ1) is 12.4. The van der Waals surface area contributed by atoms with Crippen LogP contribution in [0, 0.1) is 17.0 Å². The molecule has 0 unspecified atom stereocenters. The molecular weight excluding hydrogens is 336 g/mol. The Kier molecular flexibility index (Phi) is 4.66. The quantitative estimate of drug-likeness (QED) is 0.558. The molecule has 132 valence electrons. The first kappa shape index (κ1) is 17.2. The van der Waals surface area contributed by atoms with E-state index in [1.165, 1.54) is 29.1 Å². The first-order valence-electron chi connectivity index (χ1n) is 7.76. The molecule has 1 heterocycles. The van der Waals surface area contributed by atoms with Gasteiger partial charge in [-0.25, -0.2) is 0 Å². The third-order valence-electron chi connectivity index (χ3n) is 3.67. The Hall–Kier alpha value is -3.68. The summed E-state index contributed by atoms with van der Waals surface area (Å²) in [4.78, 5) is 23.0. The third-order valence-corrected chi connectivity index (χ3v) is 3.67. The maximum absolute atomic E-state index is 12.3. The third kappa shape index (κ3) is 3.86. The average molecular weight is 352 g/mol. The number of benzene rings is 2. The molecule has 1 aromatic heterocycles. The van der Waals surface area contributed by atoms with Gasteiger partial charge in [-0.2, -0.15) is 5.10 Å². The van der Waals surface area contributed by atoms with E-state index in [9.17, 15) is 14.9 Å². The Balaban J connectivity index is 1.88. The lowest BCUT2D eigenvalue weighted by atomic mass is 10.2. The average Bonchev–Trinajstić information content (AvgIpc) is 3.03. The number of carbonyl (C=O) groups excluding carboxylic acids is 1. The van der Waals surface area contributed by atoms with Gasteiger partial charge in [-0.15, -0.1) is 0 Å². The molecule has 0 radical (unpaired) electrons. The van der Waals surface area contributed by atoms with E-state index in [0.717, 1.165) is 5.56 Å². The summed E-state index contributed by atoms with van der Waals surface area (Å²) in [6, 6.07) is 12.9. The second kappa shape index (κ2) is 7.06. The van der Waals surface area contributed by atoms with Crippen molar-refractivity contribution >= 4 is 17.3 Å². The lowest BCUT2D eigenvalue weighted by molar-refractivity contribution is -0.384. The molecule has 8 heteroatoms. The zero-order valence-corrected chi connectivity index (χ0v) is 14.2. The zero-order valence-electron chi connectivity index (χ0n) is 14.2. The topological polar surface area (TPSA) is 99.3 Å². The molecule has 26 heavy (non-hydrogen) atoms. The summed E-state index contributed by atoms with van der Waals surface area (Å²) >= 11 is 0. The SMILES string of the molecule is Cc1ccc(Oc2cc(NC(=O)c3ccnn3C)cc([N+](=O)[O-])c2)cc1. The fourth-order valence-electron chi connectivity index (χ4n) is 2.35. The summed E-state index contributed by atoms with van der Waals surface area (Å²) in [5, 5.41) is 17.8. The van der Waals surface area contributed by atoms with Crippen LogP contribution in [0.5, 0.6) is 11.5 Å². The molecule has 0 aliphatic heterocycles. The van der Waals surface area contributed by atoms with Crippen molar-refractivity contribution in [2.75, 3.05) is 5.32 Å². The van der Waals surface area contributed by atoms with Gasteiger partial charge in [0.05, 0.1) is 16.7 Å². The minimum atomic E-state index is -0.540. The number of hydrogen-bond donors (Lipinski definition) is 1. The Morgan fingerprint density at radius 1 is 1.15 bits per heavy atom. The molecule has 0 atom stereocenters. The number of non-ortho nitro benzene ring substituents is 1. The van der Waals surface area contributed by atoms with Gasteiger partial charge >= 0.3 is 0 Å². The largest absolute Gasteiger partial charge is 0.457 e. The lowest BCUT2D eigenvalue weighted by Crippen LogP contribution is -2.16. The standard InChI is InChI=1S/C18H16N4O4/c1-12-3-5-15(6-4-12)26-16-10-13(9-14(11-16)22(24)25)20-18(23)17-7-8-19-21(17)2/h3-11H,1-2H3,(H,20,23). The fraction of sp³-hybridized carbons (Fsp3) is 0.111. The van der Waals surface area contributed by atoms with E-state index in [1.54, 1.807) is 25.2 Å². The molecule has 0 bridgehead atoms. The van der Waals surface area contributed by atoms with Gasteiger partial charge in [-0.05, 0) is 25.1 Å². The van der Waals surface area contributed by atoms with Gasteiger partial charge in [0.15, 0.2) is 0 Å². The van der Waals surface area contributed by atoms with E-state index < -0.39 is 10.8 Å². The molecule has 1 amide bonds. The van der Waals surface area contributed by atoms with Crippen LogP contribution in [0.1, 0.15) is 16.1 Å². The Bertz CT molecular complexity index is 964. The maximum atomic E-state index is 12.3. The molecule has 0 fully saturated rings. The number of aryl methyl sites for hydroxylation is 2. The number of nitrogens with zero attached hydrogens (tertiary/aromatic N) is 3. The van der Waals surface area contributed by atoms with Crippen LogP contribution in [0.3, 0.4) is 0 Å². The highest BCUT2D eigenvalue weighted by Gasteiger charge is 2.15. The Morgan fingerprint density at radius 3 is 2.50 bits per heavy atom. The molecule has 3 aromatic rings. The highest BCUT2D eigenvalue weighted by molar-refractivity contribution is 6.03. The zero-order chi connectivity index (χ0) is 18.7. The van der Waals surface area contributed by atoms with Gasteiger partial charge in [0.2, 0.25) is 0 Å². The van der Waals surface area contributed by atoms with Gasteiger partial charge in [-0.1, -0.05) is 17.7 Å². The fourth-order valence-corrected chi connectivity index (χ4v) is 2.35. The van der Waals surface area contributed by atoms with Crippen LogP contribution in [-0.2, 0) is 7.05 Å². The second-order valence-electron chi connectivity index (χ2n) is 5.68. The predicted molar refractivity (Wildman–Crippen MR) is 95.5 cm³/mol. The van der Waals surface area contributed by atoms with Crippen LogP contribution in [0.25, 0.3) is 0 Å². The number of nitro benzene ring substituents is 1. The van der Waals surface area contributed by atoms with E-state index in [1.807, 2.05) is 19.1 Å². The Labute approximate surface area is 149 Å². The summed E-state index contributed by atoms with van der Waals surface area (Å²) in [5.41, 5.74) is 1.47. The molecule has 2 aromatic carbocycles. The number of ether oxygens (including phenoxy) is 1. The van der Waals surface area contributed by atoms with Gasteiger partial charge in [-0.3, -0.25) is 19.6 Å². The van der Waals surface area contributed by atoms with Crippen LogP contribution in [0.15, 0.2) is 54.7 Å². The minimum absolute atomic E-state index is 0.185. The van der Waals surface area contributed by atoms with Crippen LogP contribution in [0.4, 0.5) is 11.4 Å². The van der Waals surface area contributed by atoms with Crippen molar-refractivity contribution in [1.29, 1.82) is 0 Å². The molecular formula is C18H16N4O4. The van der Waals surface area contributed by atoms with Crippen LogP contribution >= 0.6 is 0 Å². The number of nitrogens with one attached hydrogen (secondary N) is 1. The van der Waals surface area contributed by atoms with E-state index in [-0.39, 0.29) is 17.1 Å². The number of amides is 1. The van der Waals surface area contributed by atoms with Crippen molar-refractivity contribution in [3.63, 3.8) is 0 Å². The maximum Gasteiger partial charge on any atom is 0.275 e. The summed E-state index contributed by atoms with van der Waals surface area (Å²) in [7, 11) is 1.63. The lowest BCUT2D eigenvalue weighted by Gasteiger charge is -2.10. The van der Waals surface area contributed by atoms with E-state index in [2.05, 4.69) is 10.4 Å². The van der Waals surface area contributed by atoms with Crippen molar-refractivity contribution in [3.8, 4) is 11.5 Å². The molecule has 0 spiro atoms. The van der Waals surface area contributed by atoms with E-state index in [4.69, 9.17) is 4.74 Å². The number of nitro groups is 1. The molecule has 8 nitrogen and oxygen atoms in total. The highest BCUT2D eigenvalue weighted by atomic mass is 16.6. The van der Waals surface area contributed by atoms with Gasteiger partial charge in [0, 0.05) is 25.4 Å². The molecule has 0 saturated heterocycles. The molecule has 0 saturated carbocycles. The van der Waals surface area contributed by atoms with Crippen molar-refractivity contribution in [1.82, 2.24) is 9.78 Å². The van der Waals surface area contributed by atoms with Gasteiger partial charge in [0.25, 0.3) is 11.6 Å². The van der Waals surface area contributed by atoms with E-state index >= 15 is 0 Å². The molecule has 0 aliphatic rings. The molecule has 3 rings (SSSR count). The second-order valence-corrected chi connectivity index (χ2v) is 5.68. The van der Waals surface area contributed by atoms with Gasteiger partial charge in [0.1, 0.15) is 17.2 Å². The highest BCUT2D eigenvalue weighted by Crippen LogP contribution is 2.30. The number of hydrogen-bond acceptors (Lipinski definition) is 5. The van der Waals surface area contributed by atoms with Gasteiger partial charge < -0.3 is 10.1 Å². The first-order valence-corrected chi connectivity index (χ1v) is 7.76. The van der Waals surface area contributed by atoms with Crippen LogP contribution in [0.2, 0.25) is 0 Å². The van der Waals surface area contributed by atoms with Crippen molar-refractivity contribution in [3.05, 3.63) is 76.1 Å². The monoisotopic (exact) mass is 352 g/mol. The van der Waals surface area contributed by atoms with Crippen molar-refractivity contribution in [2.24, 2.45) is 7.05 Å². The number of aromatic nitrogens is 2. The number of rotatable bonds is 5. The van der Waals surface area contributed by atoms with Crippen LogP contribution in [-0.4, -0.2) is 20.6 Å². The normalized spacial score (nSPS) is 10.4. The van der Waals surface area contributed by atoms with Crippen LogP contribution < -0.4 is 10.1 Å². The molecule has 0 aliphatic carbocycles. The number of carbonyl (C=O) groups is 1. The predicted octanol–water partition coefficient (Wildman–Crippen LogP) is 3.68. The summed E-state index contributed by atoms with van der Waals surface area (Å²) in [5.74, 6) is 0.371. The van der Waals surface area contributed by atoms with E-state index in [0.29, 0.717) is 11.4 Å². The smallest absolute Gasteiger partial charge is 0.275 e. The Morgan fingerprint density at radius 2 is 1.88 bits per heavy atom. The number of anilines is 1. The minimum Gasteiger partial charge on any atom is -0.457 e. The van der Waals surface area contributed by atoms with Crippen molar-refractivity contribution in [2.45, 2.75) is 6.92 Å². The summed E-state index contributed by atoms with van der Waals surface area (Å²) in [6.45, 7) is 1.95.